The third-order valence-electron chi connectivity index (χ3n) is 4.51. The molecule has 4 heteroatoms. The van der Waals surface area contributed by atoms with Gasteiger partial charge in [0.15, 0.2) is 0 Å². The molecule has 1 aliphatic carbocycles. The minimum absolute atomic E-state index is 0.250. The summed E-state index contributed by atoms with van der Waals surface area (Å²) in [6.45, 7) is 1.62. The van der Waals surface area contributed by atoms with Gasteiger partial charge in [0, 0.05) is 24.6 Å². The van der Waals surface area contributed by atoms with E-state index in [1.54, 1.807) is 6.07 Å². The highest BCUT2D eigenvalue weighted by atomic mass is 16.3. The second-order valence-electron chi connectivity index (χ2n) is 5.68. The molecule has 2 aromatic rings. The molecule has 2 aromatic carbocycles. The summed E-state index contributed by atoms with van der Waals surface area (Å²) in [5.74, 6) is 0.823. The van der Waals surface area contributed by atoms with Gasteiger partial charge < -0.3 is 15.5 Å². The monoisotopic (exact) mass is 309 g/mol. The lowest BCUT2D eigenvalue weighted by Gasteiger charge is -2.27. The summed E-state index contributed by atoms with van der Waals surface area (Å²) >= 11 is 0. The van der Waals surface area contributed by atoms with E-state index >= 15 is 0 Å². The molecule has 1 heterocycles. The molecule has 1 atom stereocenters. The van der Waals surface area contributed by atoms with Gasteiger partial charge in [0.2, 0.25) is 0 Å². The Bertz CT molecular complexity index is 738. The van der Waals surface area contributed by atoms with Gasteiger partial charge in [0.25, 0.3) is 6.47 Å². The number of carbonyl (C=O) groups is 1. The Balaban J connectivity index is 0.000000485. The van der Waals surface area contributed by atoms with Crippen LogP contribution in [0.4, 0.5) is 0 Å². The molecule has 23 heavy (non-hydrogen) atoms. The van der Waals surface area contributed by atoms with Crippen LogP contribution < -0.4 is 5.32 Å². The maximum Gasteiger partial charge on any atom is 0.290 e. The number of phenols is 1. The average molecular weight is 309 g/mol. The number of rotatable bonds is 1. The first-order valence-electron chi connectivity index (χ1n) is 7.63. The zero-order valence-electron chi connectivity index (χ0n) is 12.7. The number of aromatic hydroxyl groups is 1. The fourth-order valence-electron chi connectivity index (χ4n) is 3.55. The highest BCUT2D eigenvalue weighted by Crippen LogP contribution is 2.44. The Kier molecular flexibility index (Phi) is 4.44. The molecule has 0 amide bonds. The van der Waals surface area contributed by atoms with Crippen LogP contribution in [0.5, 0.6) is 5.75 Å². The van der Waals surface area contributed by atoms with E-state index in [2.05, 4.69) is 41.7 Å². The van der Waals surface area contributed by atoms with Crippen LogP contribution in [0, 0.1) is 0 Å². The molecule has 118 valence electrons. The van der Waals surface area contributed by atoms with Gasteiger partial charge in [0.1, 0.15) is 5.75 Å². The van der Waals surface area contributed by atoms with Gasteiger partial charge in [-0.3, -0.25) is 4.79 Å². The van der Waals surface area contributed by atoms with Gasteiger partial charge in [0.05, 0.1) is 0 Å². The Morgan fingerprint density at radius 1 is 1.04 bits per heavy atom. The van der Waals surface area contributed by atoms with Crippen molar-refractivity contribution in [3.05, 3.63) is 70.8 Å². The van der Waals surface area contributed by atoms with Crippen LogP contribution in [0.3, 0.4) is 0 Å². The van der Waals surface area contributed by atoms with Crippen molar-refractivity contribution in [1.82, 2.24) is 5.32 Å². The Morgan fingerprint density at radius 2 is 1.78 bits per heavy atom. The highest BCUT2D eigenvalue weighted by molar-refractivity contribution is 5.79. The zero-order chi connectivity index (χ0) is 16.2. The third-order valence-corrected chi connectivity index (χ3v) is 4.51. The molecule has 3 N–H and O–H groups in total. The van der Waals surface area contributed by atoms with Crippen LogP contribution in [-0.2, 0) is 11.2 Å². The second-order valence-corrected chi connectivity index (χ2v) is 5.68. The van der Waals surface area contributed by atoms with E-state index < -0.39 is 0 Å². The standard InChI is InChI=1S/C18H17NO.CH2O2/c20-18-8-4-7-13-15(18)9-14(12-5-2-1-3-6-12)17-11-19-10-16(13)17;2-1-3/h1-8,14,19-20H,9-11H2;1H,(H,2,3). The summed E-state index contributed by atoms with van der Waals surface area (Å²) in [5.41, 5.74) is 6.56. The quantitative estimate of drug-likeness (QED) is 0.709. The molecular formula is C19H19NO3. The SMILES string of the molecule is O=CO.Oc1cccc2c1CC(c1ccccc1)C1=C2CNC1. The van der Waals surface area contributed by atoms with Crippen molar-refractivity contribution in [3.63, 3.8) is 0 Å². The molecule has 0 saturated carbocycles. The molecule has 4 nitrogen and oxygen atoms in total. The van der Waals surface area contributed by atoms with E-state index in [0.29, 0.717) is 11.7 Å². The minimum Gasteiger partial charge on any atom is -0.508 e. The summed E-state index contributed by atoms with van der Waals surface area (Å²) in [6, 6.07) is 16.5. The van der Waals surface area contributed by atoms with Gasteiger partial charge in [-0.1, -0.05) is 42.5 Å². The van der Waals surface area contributed by atoms with E-state index in [0.717, 1.165) is 25.1 Å². The van der Waals surface area contributed by atoms with Crippen LogP contribution in [0.15, 0.2) is 54.1 Å². The minimum atomic E-state index is -0.250. The fraction of sp³-hybridized carbons (Fsp3) is 0.211. The van der Waals surface area contributed by atoms with Crippen LogP contribution in [0.1, 0.15) is 22.6 Å². The van der Waals surface area contributed by atoms with Crippen LogP contribution >= 0.6 is 0 Å². The zero-order valence-corrected chi connectivity index (χ0v) is 12.7. The normalized spacial score (nSPS) is 18.5. The Labute approximate surface area is 135 Å². The first kappa shape index (κ1) is 15.3. The van der Waals surface area contributed by atoms with Crippen LogP contribution in [0.25, 0.3) is 5.57 Å². The number of hydrogen-bond donors (Lipinski definition) is 3. The highest BCUT2D eigenvalue weighted by Gasteiger charge is 2.31. The lowest BCUT2D eigenvalue weighted by molar-refractivity contribution is -0.122. The second kappa shape index (κ2) is 6.67. The van der Waals surface area contributed by atoms with Gasteiger partial charge in [-0.05, 0) is 34.8 Å². The van der Waals surface area contributed by atoms with E-state index in [1.165, 1.54) is 22.3 Å². The van der Waals surface area contributed by atoms with E-state index in [1.807, 2.05) is 6.07 Å². The molecule has 0 saturated heterocycles. The largest absolute Gasteiger partial charge is 0.508 e. The molecule has 0 aromatic heterocycles. The van der Waals surface area contributed by atoms with Crippen molar-refractivity contribution in [2.45, 2.75) is 12.3 Å². The van der Waals surface area contributed by atoms with Gasteiger partial charge in [-0.15, -0.1) is 0 Å². The lowest BCUT2D eigenvalue weighted by Crippen LogP contribution is -2.15. The summed E-state index contributed by atoms with van der Waals surface area (Å²) < 4.78 is 0. The molecule has 4 rings (SSSR count). The summed E-state index contributed by atoms with van der Waals surface area (Å²) in [4.78, 5) is 8.36. The maximum atomic E-state index is 10.2. The summed E-state index contributed by atoms with van der Waals surface area (Å²) in [5, 5.41) is 20.6. The Morgan fingerprint density at radius 3 is 2.52 bits per heavy atom. The number of fused-ring (bicyclic) bond motifs is 2. The molecule has 1 aliphatic heterocycles. The molecule has 0 spiro atoms. The first-order valence-corrected chi connectivity index (χ1v) is 7.63. The summed E-state index contributed by atoms with van der Waals surface area (Å²) in [6.07, 6.45) is 0.895. The van der Waals surface area contributed by atoms with Crippen molar-refractivity contribution < 1.29 is 15.0 Å². The Hall–Kier alpha value is -2.59. The molecule has 0 bridgehead atoms. The number of hydrogen-bond acceptors (Lipinski definition) is 3. The van der Waals surface area contributed by atoms with Crippen molar-refractivity contribution in [3.8, 4) is 5.75 Å². The van der Waals surface area contributed by atoms with Crippen LogP contribution in [0.2, 0.25) is 0 Å². The maximum absolute atomic E-state index is 10.2. The van der Waals surface area contributed by atoms with E-state index in [9.17, 15) is 5.11 Å². The molecular weight excluding hydrogens is 290 g/mol. The third kappa shape index (κ3) is 2.85. The van der Waals surface area contributed by atoms with Crippen LogP contribution in [-0.4, -0.2) is 29.8 Å². The van der Waals surface area contributed by atoms with Crippen molar-refractivity contribution in [2.24, 2.45) is 0 Å². The van der Waals surface area contributed by atoms with E-state index in [-0.39, 0.29) is 6.47 Å². The van der Waals surface area contributed by atoms with Crippen molar-refractivity contribution >= 4 is 12.0 Å². The lowest BCUT2D eigenvalue weighted by atomic mass is 9.76. The molecule has 0 fully saturated rings. The van der Waals surface area contributed by atoms with Crippen molar-refractivity contribution in [2.75, 3.05) is 13.1 Å². The number of phenolic OH excluding ortho intramolecular Hbond substituents is 1. The smallest absolute Gasteiger partial charge is 0.290 e. The number of carboxylic acid groups (broad SMARTS) is 1. The fourth-order valence-corrected chi connectivity index (χ4v) is 3.55. The summed E-state index contributed by atoms with van der Waals surface area (Å²) in [7, 11) is 0. The molecule has 0 radical (unpaired) electrons. The number of benzene rings is 2. The predicted molar refractivity (Wildman–Crippen MR) is 89.5 cm³/mol. The van der Waals surface area contributed by atoms with Gasteiger partial charge >= 0.3 is 0 Å². The van der Waals surface area contributed by atoms with Gasteiger partial charge in [-0.25, -0.2) is 0 Å². The molecule has 2 aliphatic rings. The average Bonchev–Trinajstić information content (AvgIpc) is 3.06. The first-order chi connectivity index (χ1) is 11.3. The van der Waals surface area contributed by atoms with Crippen molar-refractivity contribution in [1.29, 1.82) is 0 Å². The molecule has 1 unspecified atom stereocenters. The van der Waals surface area contributed by atoms with Gasteiger partial charge in [-0.2, -0.15) is 0 Å². The van der Waals surface area contributed by atoms with E-state index in [4.69, 9.17) is 9.90 Å². The predicted octanol–water partition coefficient (Wildman–Crippen LogP) is 2.79. The topological polar surface area (TPSA) is 69.6 Å². The number of nitrogens with one attached hydrogen (secondary N) is 1.